The second-order valence-corrected chi connectivity index (χ2v) is 5.39. The lowest BCUT2D eigenvalue weighted by Gasteiger charge is -2.37. The molecule has 16 heavy (non-hydrogen) atoms. The fourth-order valence-corrected chi connectivity index (χ4v) is 2.15. The number of carbonyl (C=O) groups is 1. The lowest BCUT2D eigenvalue weighted by molar-refractivity contribution is -0.126. The first-order valence-corrected chi connectivity index (χ1v) is 6.15. The molecule has 1 amide bonds. The quantitative estimate of drug-likeness (QED) is 0.741. The van der Waals surface area contributed by atoms with Gasteiger partial charge in [-0.05, 0) is 32.7 Å². The Labute approximate surface area is 97.1 Å². The van der Waals surface area contributed by atoms with Crippen molar-refractivity contribution < 1.29 is 9.53 Å². The highest BCUT2D eigenvalue weighted by atomic mass is 16.5. The highest BCUT2D eigenvalue weighted by molar-refractivity contribution is 5.84. The second-order valence-electron chi connectivity index (χ2n) is 5.39. The van der Waals surface area contributed by atoms with E-state index in [4.69, 9.17) is 4.74 Å². The van der Waals surface area contributed by atoms with Crippen LogP contribution in [0, 0.1) is 5.41 Å². The van der Waals surface area contributed by atoms with Crippen molar-refractivity contribution in [3.05, 3.63) is 0 Å². The zero-order chi connectivity index (χ0) is 11.6. The summed E-state index contributed by atoms with van der Waals surface area (Å²) in [7, 11) is 1.97. The molecular weight excluding hydrogens is 204 g/mol. The van der Waals surface area contributed by atoms with Crippen molar-refractivity contribution in [2.45, 2.75) is 38.1 Å². The number of hydrogen-bond acceptors (Lipinski definition) is 3. The molecule has 1 aliphatic heterocycles. The van der Waals surface area contributed by atoms with Crippen LogP contribution in [0.4, 0.5) is 0 Å². The highest BCUT2D eigenvalue weighted by Gasteiger charge is 2.45. The molecule has 2 rings (SSSR count). The summed E-state index contributed by atoms with van der Waals surface area (Å²) in [6, 6.07) is 0. The van der Waals surface area contributed by atoms with Crippen LogP contribution in [0.15, 0.2) is 0 Å². The van der Waals surface area contributed by atoms with E-state index < -0.39 is 0 Å². The van der Waals surface area contributed by atoms with E-state index in [-0.39, 0.29) is 16.9 Å². The predicted molar refractivity (Wildman–Crippen MR) is 62.2 cm³/mol. The third-order valence-electron chi connectivity index (χ3n) is 4.12. The van der Waals surface area contributed by atoms with Crippen molar-refractivity contribution in [1.82, 2.24) is 10.6 Å². The largest absolute Gasteiger partial charge is 0.381 e. The average molecular weight is 226 g/mol. The van der Waals surface area contributed by atoms with Gasteiger partial charge in [-0.2, -0.15) is 0 Å². The van der Waals surface area contributed by atoms with Gasteiger partial charge in [0, 0.05) is 30.7 Å². The Bertz CT molecular complexity index is 268. The van der Waals surface area contributed by atoms with Gasteiger partial charge in [-0.1, -0.05) is 6.92 Å². The Morgan fingerprint density at radius 3 is 2.38 bits per heavy atom. The molecule has 0 aromatic carbocycles. The molecule has 0 aromatic heterocycles. The molecule has 4 heteroatoms. The molecule has 1 saturated heterocycles. The van der Waals surface area contributed by atoms with Crippen molar-refractivity contribution in [3.63, 3.8) is 0 Å². The van der Waals surface area contributed by atoms with Crippen molar-refractivity contribution in [2.75, 3.05) is 26.8 Å². The van der Waals surface area contributed by atoms with Crippen molar-refractivity contribution in [3.8, 4) is 0 Å². The Hall–Kier alpha value is -0.610. The minimum Gasteiger partial charge on any atom is -0.381 e. The maximum absolute atomic E-state index is 11.9. The maximum atomic E-state index is 11.9. The number of ether oxygens (including phenoxy) is 1. The molecule has 2 N–H and O–H groups in total. The standard InChI is InChI=1S/C12H22N2O2/c1-11(3-4-11)10(15)14-9-12(13-2)5-7-16-8-6-12/h13H,3-9H2,1-2H3,(H,14,15). The zero-order valence-electron chi connectivity index (χ0n) is 10.3. The molecule has 4 nitrogen and oxygen atoms in total. The number of nitrogens with one attached hydrogen (secondary N) is 2. The van der Waals surface area contributed by atoms with Crippen LogP contribution in [0.5, 0.6) is 0 Å². The van der Waals surface area contributed by atoms with Crippen LogP contribution in [0.3, 0.4) is 0 Å². The Balaban J connectivity index is 1.84. The van der Waals surface area contributed by atoms with E-state index in [1.807, 2.05) is 14.0 Å². The van der Waals surface area contributed by atoms with E-state index in [0.29, 0.717) is 0 Å². The van der Waals surface area contributed by atoms with E-state index >= 15 is 0 Å². The van der Waals surface area contributed by atoms with E-state index in [0.717, 1.165) is 45.4 Å². The van der Waals surface area contributed by atoms with Crippen molar-refractivity contribution >= 4 is 5.91 Å². The Kier molecular flexibility index (Phi) is 3.22. The van der Waals surface area contributed by atoms with Crippen molar-refractivity contribution in [2.24, 2.45) is 5.41 Å². The molecule has 0 bridgehead atoms. The Morgan fingerprint density at radius 1 is 1.25 bits per heavy atom. The van der Waals surface area contributed by atoms with Crippen LogP contribution >= 0.6 is 0 Å². The zero-order valence-corrected chi connectivity index (χ0v) is 10.3. The predicted octanol–water partition coefficient (Wildman–Crippen LogP) is 0.671. The first-order valence-electron chi connectivity index (χ1n) is 6.15. The molecule has 1 aliphatic carbocycles. The lowest BCUT2D eigenvalue weighted by Crippen LogP contribution is -2.55. The van der Waals surface area contributed by atoms with Crippen LogP contribution < -0.4 is 10.6 Å². The van der Waals surface area contributed by atoms with E-state index in [9.17, 15) is 4.79 Å². The maximum Gasteiger partial charge on any atom is 0.226 e. The third-order valence-corrected chi connectivity index (χ3v) is 4.12. The summed E-state index contributed by atoms with van der Waals surface area (Å²) < 4.78 is 5.36. The molecule has 0 aromatic rings. The molecular formula is C12H22N2O2. The molecule has 0 atom stereocenters. The third kappa shape index (κ3) is 2.38. The fourth-order valence-electron chi connectivity index (χ4n) is 2.15. The van der Waals surface area contributed by atoms with Crippen LogP contribution in [-0.4, -0.2) is 38.3 Å². The smallest absolute Gasteiger partial charge is 0.226 e. The second kappa shape index (κ2) is 4.34. The van der Waals surface area contributed by atoms with Gasteiger partial charge in [0.15, 0.2) is 0 Å². The average Bonchev–Trinajstić information content (AvgIpc) is 3.07. The van der Waals surface area contributed by atoms with Gasteiger partial charge in [0.05, 0.1) is 0 Å². The van der Waals surface area contributed by atoms with Gasteiger partial charge < -0.3 is 15.4 Å². The van der Waals surface area contributed by atoms with E-state index in [1.54, 1.807) is 0 Å². The number of likely N-dealkylation sites (N-methyl/N-ethyl adjacent to an activating group) is 1. The summed E-state index contributed by atoms with van der Waals surface area (Å²) in [5.74, 6) is 0.216. The number of carbonyl (C=O) groups excluding carboxylic acids is 1. The molecule has 92 valence electrons. The summed E-state index contributed by atoms with van der Waals surface area (Å²) in [6.07, 6.45) is 4.02. The summed E-state index contributed by atoms with van der Waals surface area (Å²) in [6.45, 7) is 4.33. The van der Waals surface area contributed by atoms with Crippen molar-refractivity contribution in [1.29, 1.82) is 0 Å². The van der Waals surface area contributed by atoms with E-state index in [2.05, 4.69) is 10.6 Å². The van der Waals surface area contributed by atoms with Crippen LogP contribution in [0.1, 0.15) is 32.6 Å². The summed E-state index contributed by atoms with van der Waals surface area (Å²) in [4.78, 5) is 11.9. The first kappa shape index (κ1) is 11.9. The number of hydrogen-bond donors (Lipinski definition) is 2. The summed E-state index contributed by atoms with van der Waals surface area (Å²) in [5.41, 5.74) is -0.0285. The fraction of sp³-hybridized carbons (Fsp3) is 0.917. The molecule has 0 spiro atoms. The lowest BCUT2D eigenvalue weighted by atomic mass is 9.90. The van der Waals surface area contributed by atoms with Crippen LogP contribution in [-0.2, 0) is 9.53 Å². The normalized spacial score (nSPS) is 26.1. The van der Waals surface area contributed by atoms with Gasteiger partial charge in [0.25, 0.3) is 0 Å². The summed E-state index contributed by atoms with van der Waals surface area (Å²) in [5, 5.41) is 6.44. The van der Waals surface area contributed by atoms with Crippen LogP contribution in [0.25, 0.3) is 0 Å². The number of amides is 1. The topological polar surface area (TPSA) is 50.4 Å². The molecule has 1 heterocycles. The number of rotatable bonds is 4. The highest BCUT2D eigenvalue weighted by Crippen LogP contribution is 2.45. The van der Waals surface area contributed by atoms with Gasteiger partial charge in [-0.25, -0.2) is 0 Å². The summed E-state index contributed by atoms with van der Waals surface area (Å²) >= 11 is 0. The van der Waals surface area contributed by atoms with Gasteiger partial charge in [0.2, 0.25) is 5.91 Å². The SMILES string of the molecule is CNC1(CNC(=O)C2(C)CC2)CCOCC1. The van der Waals surface area contributed by atoms with E-state index in [1.165, 1.54) is 0 Å². The van der Waals surface area contributed by atoms with Gasteiger partial charge in [-0.15, -0.1) is 0 Å². The van der Waals surface area contributed by atoms with Gasteiger partial charge in [-0.3, -0.25) is 4.79 Å². The minimum absolute atomic E-state index is 0.0408. The minimum atomic E-state index is -0.0693. The monoisotopic (exact) mass is 226 g/mol. The first-order chi connectivity index (χ1) is 7.60. The molecule has 2 fully saturated rings. The molecule has 1 saturated carbocycles. The molecule has 0 radical (unpaired) electrons. The van der Waals surface area contributed by atoms with Crippen LogP contribution in [0.2, 0.25) is 0 Å². The molecule has 0 unspecified atom stereocenters. The van der Waals surface area contributed by atoms with Gasteiger partial charge >= 0.3 is 0 Å². The Morgan fingerprint density at radius 2 is 1.88 bits per heavy atom. The van der Waals surface area contributed by atoms with Gasteiger partial charge in [0.1, 0.15) is 0 Å². The molecule has 2 aliphatic rings.